The summed E-state index contributed by atoms with van der Waals surface area (Å²) in [5, 5.41) is 0. The summed E-state index contributed by atoms with van der Waals surface area (Å²) >= 11 is 1.45. The van der Waals surface area contributed by atoms with Crippen LogP contribution < -0.4 is 4.90 Å². The van der Waals surface area contributed by atoms with E-state index in [1.807, 2.05) is 30.0 Å². The Morgan fingerprint density at radius 2 is 1.73 bits per heavy atom. The van der Waals surface area contributed by atoms with Crippen LogP contribution in [0, 0.1) is 12.7 Å². The summed E-state index contributed by atoms with van der Waals surface area (Å²) in [6.45, 7) is 8.98. The summed E-state index contributed by atoms with van der Waals surface area (Å²) in [7, 11) is 0. The van der Waals surface area contributed by atoms with Gasteiger partial charge in [0.15, 0.2) is 0 Å². The Bertz CT molecular complexity index is 1040. The summed E-state index contributed by atoms with van der Waals surface area (Å²) in [5.41, 5.74) is 1.89. The SMILES string of the molecule is Cc1cc(N2CCN(C(=O)c3ccc(-c4ccc(F)cc4)s3)CC2)nc(C(C)C)n1. The average Bonchev–Trinajstić information content (AvgIpc) is 3.23. The van der Waals surface area contributed by atoms with Gasteiger partial charge in [-0.15, -0.1) is 11.3 Å². The molecule has 0 unspecified atom stereocenters. The van der Waals surface area contributed by atoms with Crippen LogP contribution in [0.1, 0.15) is 41.0 Å². The molecule has 1 aromatic carbocycles. The van der Waals surface area contributed by atoms with Crippen LogP contribution >= 0.6 is 11.3 Å². The lowest BCUT2D eigenvalue weighted by molar-refractivity contribution is 0.0751. The minimum Gasteiger partial charge on any atom is -0.353 e. The fourth-order valence-corrected chi connectivity index (χ4v) is 4.49. The van der Waals surface area contributed by atoms with E-state index in [1.54, 1.807) is 12.1 Å². The van der Waals surface area contributed by atoms with Crippen LogP contribution in [0.3, 0.4) is 0 Å². The van der Waals surface area contributed by atoms with Crippen LogP contribution in [0.5, 0.6) is 0 Å². The maximum Gasteiger partial charge on any atom is 0.264 e. The third-order valence-electron chi connectivity index (χ3n) is 5.21. The fourth-order valence-electron chi connectivity index (χ4n) is 3.51. The number of nitrogens with zero attached hydrogens (tertiary/aromatic N) is 4. The number of amides is 1. The second-order valence-electron chi connectivity index (χ2n) is 7.83. The highest BCUT2D eigenvalue weighted by molar-refractivity contribution is 7.17. The number of carbonyl (C=O) groups is 1. The first kappa shape index (κ1) is 20.5. The number of halogens is 1. The molecular formula is C23H25FN4OS. The van der Waals surface area contributed by atoms with Crippen LogP contribution in [0.25, 0.3) is 10.4 Å². The number of hydrogen-bond donors (Lipinski definition) is 0. The van der Waals surface area contributed by atoms with E-state index in [1.165, 1.54) is 23.5 Å². The number of aryl methyl sites for hydroxylation is 1. The lowest BCUT2D eigenvalue weighted by Crippen LogP contribution is -2.49. The van der Waals surface area contributed by atoms with Gasteiger partial charge in [-0.05, 0) is 36.8 Å². The van der Waals surface area contributed by atoms with Crippen molar-refractivity contribution in [2.75, 3.05) is 31.1 Å². The van der Waals surface area contributed by atoms with Gasteiger partial charge in [-0.25, -0.2) is 14.4 Å². The second kappa shape index (κ2) is 8.52. The molecular weight excluding hydrogens is 399 g/mol. The molecule has 3 aromatic rings. The van der Waals surface area contributed by atoms with E-state index >= 15 is 0 Å². The Hall–Kier alpha value is -2.80. The normalized spacial score (nSPS) is 14.4. The van der Waals surface area contributed by atoms with Gasteiger partial charge < -0.3 is 9.80 Å². The molecule has 30 heavy (non-hydrogen) atoms. The van der Waals surface area contributed by atoms with E-state index in [9.17, 15) is 9.18 Å². The molecule has 156 valence electrons. The predicted molar refractivity (Wildman–Crippen MR) is 119 cm³/mol. The molecule has 0 radical (unpaired) electrons. The fraction of sp³-hybridized carbons (Fsp3) is 0.348. The molecule has 0 aliphatic carbocycles. The minimum atomic E-state index is -0.260. The molecule has 0 spiro atoms. The number of anilines is 1. The summed E-state index contributed by atoms with van der Waals surface area (Å²) in [5.74, 6) is 1.86. The Kier molecular flexibility index (Phi) is 5.81. The Morgan fingerprint density at radius 1 is 1.03 bits per heavy atom. The first-order valence-electron chi connectivity index (χ1n) is 10.2. The van der Waals surface area contributed by atoms with E-state index in [0.717, 1.165) is 40.9 Å². The maximum atomic E-state index is 13.1. The highest BCUT2D eigenvalue weighted by Gasteiger charge is 2.24. The summed E-state index contributed by atoms with van der Waals surface area (Å²) in [6, 6.07) is 12.2. The van der Waals surface area contributed by atoms with Crippen molar-refractivity contribution in [1.82, 2.24) is 14.9 Å². The summed E-state index contributed by atoms with van der Waals surface area (Å²) in [4.78, 5) is 28.0. The van der Waals surface area contributed by atoms with Crippen molar-refractivity contribution in [3.63, 3.8) is 0 Å². The standard InChI is InChI=1S/C23H25FN4OS/c1-15(2)22-25-16(3)14-21(26-22)27-10-12-28(13-11-27)23(29)20-9-8-19(30-20)17-4-6-18(24)7-5-17/h4-9,14-15H,10-13H2,1-3H3. The molecule has 1 amide bonds. The highest BCUT2D eigenvalue weighted by atomic mass is 32.1. The van der Waals surface area contributed by atoms with Gasteiger partial charge in [0.2, 0.25) is 0 Å². The zero-order chi connectivity index (χ0) is 21.3. The quantitative estimate of drug-likeness (QED) is 0.607. The summed E-state index contributed by atoms with van der Waals surface area (Å²) in [6.07, 6.45) is 0. The first-order valence-corrected chi connectivity index (χ1v) is 11.0. The molecule has 1 fully saturated rings. The number of aromatic nitrogens is 2. The van der Waals surface area contributed by atoms with E-state index in [0.29, 0.717) is 18.0 Å². The van der Waals surface area contributed by atoms with Crippen molar-refractivity contribution in [2.24, 2.45) is 0 Å². The van der Waals surface area contributed by atoms with Crippen LogP contribution in [-0.2, 0) is 0 Å². The molecule has 4 rings (SSSR count). The molecule has 0 atom stereocenters. The lowest BCUT2D eigenvalue weighted by atomic mass is 10.2. The molecule has 3 heterocycles. The van der Waals surface area contributed by atoms with Crippen molar-refractivity contribution in [3.05, 3.63) is 64.7 Å². The van der Waals surface area contributed by atoms with Gasteiger partial charge in [-0.3, -0.25) is 4.79 Å². The van der Waals surface area contributed by atoms with Crippen molar-refractivity contribution in [2.45, 2.75) is 26.7 Å². The molecule has 0 saturated carbocycles. The zero-order valence-electron chi connectivity index (χ0n) is 17.4. The van der Waals surface area contributed by atoms with Crippen molar-refractivity contribution >= 4 is 23.1 Å². The molecule has 1 saturated heterocycles. The number of hydrogen-bond acceptors (Lipinski definition) is 5. The van der Waals surface area contributed by atoms with Gasteiger partial charge in [0.05, 0.1) is 4.88 Å². The van der Waals surface area contributed by atoms with Gasteiger partial charge in [-0.1, -0.05) is 26.0 Å². The first-order chi connectivity index (χ1) is 14.4. The van der Waals surface area contributed by atoms with Crippen molar-refractivity contribution < 1.29 is 9.18 Å². The number of piperazine rings is 1. The molecule has 2 aromatic heterocycles. The highest BCUT2D eigenvalue weighted by Crippen LogP contribution is 2.29. The lowest BCUT2D eigenvalue weighted by Gasteiger charge is -2.35. The monoisotopic (exact) mass is 424 g/mol. The van der Waals surface area contributed by atoms with Crippen molar-refractivity contribution in [3.8, 4) is 10.4 Å². The second-order valence-corrected chi connectivity index (χ2v) is 8.91. The number of rotatable bonds is 4. The van der Waals surface area contributed by atoms with Gasteiger partial charge in [-0.2, -0.15) is 0 Å². The molecule has 1 aliphatic heterocycles. The topological polar surface area (TPSA) is 49.3 Å². The van der Waals surface area contributed by atoms with Crippen LogP contribution in [-0.4, -0.2) is 47.0 Å². The zero-order valence-corrected chi connectivity index (χ0v) is 18.2. The third kappa shape index (κ3) is 4.36. The van der Waals surface area contributed by atoms with Crippen LogP contribution in [0.15, 0.2) is 42.5 Å². The van der Waals surface area contributed by atoms with Crippen molar-refractivity contribution in [1.29, 1.82) is 0 Å². The largest absolute Gasteiger partial charge is 0.353 e. The number of benzene rings is 1. The predicted octanol–water partition coefficient (Wildman–Crippen LogP) is 4.74. The molecule has 1 aliphatic rings. The van der Waals surface area contributed by atoms with Gasteiger partial charge in [0.1, 0.15) is 17.5 Å². The maximum absolute atomic E-state index is 13.1. The molecule has 0 N–H and O–H groups in total. The average molecular weight is 425 g/mol. The smallest absolute Gasteiger partial charge is 0.264 e. The van der Waals surface area contributed by atoms with Crippen LogP contribution in [0.4, 0.5) is 10.2 Å². The number of carbonyl (C=O) groups excluding carboxylic acids is 1. The summed E-state index contributed by atoms with van der Waals surface area (Å²) < 4.78 is 13.1. The Labute approximate surface area is 180 Å². The van der Waals surface area contributed by atoms with E-state index in [4.69, 9.17) is 4.98 Å². The molecule has 7 heteroatoms. The van der Waals surface area contributed by atoms with E-state index < -0.39 is 0 Å². The Morgan fingerprint density at radius 3 is 2.40 bits per heavy atom. The van der Waals surface area contributed by atoms with E-state index in [-0.39, 0.29) is 17.6 Å². The van der Waals surface area contributed by atoms with Gasteiger partial charge >= 0.3 is 0 Å². The Balaban J connectivity index is 1.42. The van der Waals surface area contributed by atoms with Gasteiger partial charge in [0, 0.05) is 48.7 Å². The molecule has 5 nitrogen and oxygen atoms in total. The number of thiophene rings is 1. The van der Waals surface area contributed by atoms with E-state index in [2.05, 4.69) is 23.7 Å². The van der Waals surface area contributed by atoms with Gasteiger partial charge in [0.25, 0.3) is 5.91 Å². The molecule has 0 bridgehead atoms. The third-order valence-corrected chi connectivity index (χ3v) is 6.33. The van der Waals surface area contributed by atoms with Crippen LogP contribution in [0.2, 0.25) is 0 Å². The minimum absolute atomic E-state index is 0.0507.